The van der Waals surface area contributed by atoms with Crippen LogP contribution < -0.4 is 30.2 Å². The Bertz CT molecular complexity index is 686. The van der Waals surface area contributed by atoms with E-state index in [1.54, 1.807) is 34.4 Å². The summed E-state index contributed by atoms with van der Waals surface area (Å²) in [6.07, 6.45) is 0.306. The van der Waals surface area contributed by atoms with Gasteiger partial charge in [0.25, 0.3) is 0 Å². The van der Waals surface area contributed by atoms with Crippen LogP contribution in [0.3, 0.4) is 0 Å². The van der Waals surface area contributed by atoms with Crippen LogP contribution in [0.2, 0.25) is 0 Å². The molecule has 0 aromatic heterocycles. The first kappa shape index (κ1) is 24.2. The van der Waals surface area contributed by atoms with Gasteiger partial charge in [-0.15, -0.1) is 0 Å². The van der Waals surface area contributed by atoms with Crippen molar-refractivity contribution in [3.63, 3.8) is 0 Å². The molecule has 1 aromatic carbocycles. The highest BCUT2D eigenvalue weighted by atomic mass is 16.6. The largest absolute Gasteiger partial charge is 0.496 e. The molecule has 0 aliphatic carbocycles. The lowest BCUT2D eigenvalue weighted by atomic mass is 10.1. The Labute approximate surface area is 173 Å². The molecular formula is C20H34N4O5. The number of guanidine groups is 1. The fourth-order valence-corrected chi connectivity index (χ4v) is 2.43. The molecule has 0 radical (unpaired) electrons. The third-order valence-corrected chi connectivity index (χ3v) is 3.77. The summed E-state index contributed by atoms with van der Waals surface area (Å²) < 4.78 is 21.3. The first-order chi connectivity index (χ1) is 13.7. The molecule has 9 heteroatoms. The van der Waals surface area contributed by atoms with Crippen molar-refractivity contribution in [3.8, 4) is 17.2 Å². The normalized spacial score (nSPS) is 11.5. The van der Waals surface area contributed by atoms with Crippen LogP contribution in [0, 0.1) is 0 Å². The zero-order valence-electron chi connectivity index (χ0n) is 18.5. The Morgan fingerprint density at radius 3 is 2.07 bits per heavy atom. The van der Waals surface area contributed by atoms with E-state index in [-0.39, 0.29) is 0 Å². The Hall–Kier alpha value is -2.84. The minimum atomic E-state index is -0.501. The topological polar surface area (TPSA) is 102 Å². The molecule has 1 aromatic rings. The summed E-state index contributed by atoms with van der Waals surface area (Å²) in [4.78, 5) is 15.8. The van der Waals surface area contributed by atoms with Gasteiger partial charge in [-0.25, -0.2) is 4.79 Å². The Morgan fingerprint density at radius 1 is 0.931 bits per heavy atom. The number of hydrogen-bond donors (Lipinski definition) is 3. The Morgan fingerprint density at radius 2 is 1.52 bits per heavy atom. The van der Waals surface area contributed by atoms with Crippen LogP contribution in [0.5, 0.6) is 17.2 Å². The summed E-state index contributed by atoms with van der Waals surface area (Å²) in [5, 5.41) is 9.15. The lowest BCUT2D eigenvalue weighted by Crippen LogP contribution is -2.39. The fraction of sp³-hybridized carbons (Fsp3) is 0.600. The molecule has 0 saturated carbocycles. The van der Waals surface area contributed by atoms with Gasteiger partial charge in [0.1, 0.15) is 11.4 Å². The van der Waals surface area contributed by atoms with Crippen LogP contribution in [0.15, 0.2) is 17.1 Å². The summed E-state index contributed by atoms with van der Waals surface area (Å²) in [6.45, 7) is 7.12. The van der Waals surface area contributed by atoms with Gasteiger partial charge < -0.3 is 34.9 Å². The number of nitrogens with zero attached hydrogens (tertiary/aromatic N) is 1. The highest BCUT2D eigenvalue weighted by molar-refractivity contribution is 5.79. The molecule has 9 nitrogen and oxygen atoms in total. The number of ether oxygens (including phenoxy) is 4. The minimum absolute atomic E-state index is 0.416. The van der Waals surface area contributed by atoms with E-state index in [0.29, 0.717) is 42.8 Å². The highest BCUT2D eigenvalue weighted by Crippen LogP contribution is 2.34. The maximum absolute atomic E-state index is 11.6. The van der Waals surface area contributed by atoms with Crippen molar-refractivity contribution in [3.05, 3.63) is 17.7 Å². The third-order valence-electron chi connectivity index (χ3n) is 3.77. The van der Waals surface area contributed by atoms with Crippen LogP contribution in [0.4, 0.5) is 4.79 Å². The predicted molar refractivity (Wildman–Crippen MR) is 113 cm³/mol. The smallest absolute Gasteiger partial charge is 0.407 e. The van der Waals surface area contributed by atoms with Crippen molar-refractivity contribution in [2.45, 2.75) is 39.3 Å². The molecule has 164 valence electrons. The molecule has 3 N–H and O–H groups in total. The van der Waals surface area contributed by atoms with Crippen molar-refractivity contribution < 1.29 is 23.7 Å². The molecule has 0 fully saturated rings. The van der Waals surface area contributed by atoms with E-state index in [1.165, 1.54) is 0 Å². The van der Waals surface area contributed by atoms with Crippen LogP contribution in [-0.2, 0) is 11.3 Å². The summed E-state index contributed by atoms with van der Waals surface area (Å²) in [5.41, 5.74) is 0.402. The molecule has 0 aliphatic rings. The number of benzene rings is 1. The molecule has 1 rings (SSSR count). The average molecular weight is 411 g/mol. The number of carbonyl (C=O) groups excluding carboxylic acids is 1. The number of hydrogen-bond acceptors (Lipinski definition) is 6. The van der Waals surface area contributed by atoms with Crippen LogP contribution in [-0.4, -0.2) is 59.1 Å². The minimum Gasteiger partial charge on any atom is -0.496 e. The summed E-state index contributed by atoms with van der Waals surface area (Å²) in [5.74, 6) is 2.56. The van der Waals surface area contributed by atoms with E-state index >= 15 is 0 Å². The number of alkyl carbamates (subject to hydrolysis) is 1. The van der Waals surface area contributed by atoms with Gasteiger partial charge in [0.2, 0.25) is 0 Å². The predicted octanol–water partition coefficient (Wildman–Crippen LogP) is 2.29. The number of rotatable bonds is 9. The third kappa shape index (κ3) is 8.80. The second-order valence-corrected chi connectivity index (χ2v) is 7.15. The molecule has 0 unspecified atom stereocenters. The van der Waals surface area contributed by atoms with E-state index in [9.17, 15) is 4.79 Å². The number of aliphatic imine (C=N–C) groups is 1. The van der Waals surface area contributed by atoms with Gasteiger partial charge in [0.15, 0.2) is 17.5 Å². The van der Waals surface area contributed by atoms with Gasteiger partial charge in [-0.2, -0.15) is 0 Å². The average Bonchev–Trinajstić information content (AvgIpc) is 2.67. The Kier molecular flexibility index (Phi) is 9.91. The summed E-state index contributed by atoms with van der Waals surface area (Å²) in [7, 11) is 6.47. The number of carbonyl (C=O) groups is 1. The van der Waals surface area contributed by atoms with Crippen molar-refractivity contribution in [1.82, 2.24) is 16.0 Å². The second kappa shape index (κ2) is 11.9. The monoisotopic (exact) mass is 410 g/mol. The fourth-order valence-electron chi connectivity index (χ4n) is 2.43. The lowest BCUT2D eigenvalue weighted by Gasteiger charge is -2.19. The lowest BCUT2D eigenvalue weighted by molar-refractivity contribution is 0.0527. The van der Waals surface area contributed by atoms with Gasteiger partial charge in [0, 0.05) is 38.3 Å². The molecule has 0 saturated heterocycles. The van der Waals surface area contributed by atoms with Gasteiger partial charge in [-0.05, 0) is 33.3 Å². The molecule has 0 spiro atoms. The standard InChI is InChI=1S/C20H34N4O5/c1-20(2,3)29-19(25)23-10-8-9-22-18(21-4)24-13-14-11-16(27-6)17(28-7)12-15(14)26-5/h11-12H,8-10,13H2,1-7H3,(H,23,25)(H2,21,22,24). The van der Waals surface area contributed by atoms with E-state index in [4.69, 9.17) is 18.9 Å². The zero-order valence-corrected chi connectivity index (χ0v) is 18.5. The first-order valence-corrected chi connectivity index (χ1v) is 9.44. The van der Waals surface area contributed by atoms with Gasteiger partial charge in [-0.1, -0.05) is 0 Å². The number of amides is 1. The van der Waals surface area contributed by atoms with E-state index in [1.807, 2.05) is 26.8 Å². The van der Waals surface area contributed by atoms with Crippen LogP contribution in [0.25, 0.3) is 0 Å². The molecule has 0 heterocycles. The maximum Gasteiger partial charge on any atom is 0.407 e. The van der Waals surface area contributed by atoms with Gasteiger partial charge in [-0.3, -0.25) is 4.99 Å². The molecule has 0 aliphatic heterocycles. The molecule has 0 atom stereocenters. The van der Waals surface area contributed by atoms with E-state index in [2.05, 4.69) is 20.9 Å². The molecular weight excluding hydrogens is 376 g/mol. The SMILES string of the molecule is CN=C(NCCCNC(=O)OC(C)(C)C)NCc1cc(OC)c(OC)cc1OC. The first-order valence-electron chi connectivity index (χ1n) is 9.44. The number of methoxy groups -OCH3 is 3. The summed E-state index contributed by atoms with van der Waals surface area (Å²) >= 11 is 0. The Balaban J connectivity index is 2.48. The molecule has 0 bridgehead atoms. The summed E-state index contributed by atoms with van der Waals surface area (Å²) in [6, 6.07) is 3.65. The van der Waals surface area contributed by atoms with Crippen molar-refractivity contribution >= 4 is 12.1 Å². The second-order valence-electron chi connectivity index (χ2n) is 7.15. The van der Waals surface area contributed by atoms with Crippen LogP contribution >= 0.6 is 0 Å². The molecule has 29 heavy (non-hydrogen) atoms. The van der Waals surface area contributed by atoms with Gasteiger partial charge >= 0.3 is 6.09 Å². The van der Waals surface area contributed by atoms with Crippen molar-refractivity contribution in [2.75, 3.05) is 41.5 Å². The highest BCUT2D eigenvalue weighted by Gasteiger charge is 2.15. The van der Waals surface area contributed by atoms with E-state index in [0.717, 1.165) is 12.0 Å². The number of nitrogens with one attached hydrogen (secondary N) is 3. The quantitative estimate of drug-likeness (QED) is 0.326. The van der Waals surface area contributed by atoms with Gasteiger partial charge in [0.05, 0.1) is 21.3 Å². The van der Waals surface area contributed by atoms with E-state index < -0.39 is 11.7 Å². The maximum atomic E-state index is 11.6. The zero-order chi connectivity index (χ0) is 21.9. The molecule has 1 amide bonds. The van der Waals surface area contributed by atoms with Crippen LogP contribution in [0.1, 0.15) is 32.8 Å². The van der Waals surface area contributed by atoms with Crippen molar-refractivity contribution in [2.24, 2.45) is 4.99 Å². The van der Waals surface area contributed by atoms with Crippen molar-refractivity contribution in [1.29, 1.82) is 0 Å².